The predicted octanol–water partition coefficient (Wildman–Crippen LogP) is 4.53. The highest BCUT2D eigenvalue weighted by Gasteiger charge is 2.27. The molecule has 0 saturated carbocycles. The smallest absolute Gasteiger partial charge is 0.223 e. The highest BCUT2D eigenvalue weighted by molar-refractivity contribution is 5.78. The zero-order chi connectivity index (χ0) is 22.7. The molecule has 1 N–H and O–H groups in total. The molecular formula is C23H22F3N5O. The molecule has 4 rings (SSSR count). The van der Waals surface area contributed by atoms with E-state index < -0.39 is 11.6 Å². The molecule has 1 aliphatic rings. The first-order valence-electron chi connectivity index (χ1n) is 10.2. The number of fused-ring (bicyclic) bond motifs is 1. The second-order valence-electron chi connectivity index (χ2n) is 7.50. The van der Waals surface area contributed by atoms with Crippen LogP contribution >= 0.6 is 0 Å². The van der Waals surface area contributed by atoms with Gasteiger partial charge in [0.15, 0.2) is 11.6 Å². The lowest BCUT2D eigenvalue weighted by Crippen LogP contribution is -2.38. The molecule has 1 aromatic heterocycles. The predicted molar refractivity (Wildman–Crippen MR) is 116 cm³/mol. The Labute approximate surface area is 183 Å². The molecule has 1 aliphatic heterocycles. The minimum atomic E-state index is -0.970. The number of hydrogen-bond donors (Lipinski definition) is 1. The summed E-state index contributed by atoms with van der Waals surface area (Å²) in [6, 6.07) is 9.41. The highest BCUT2D eigenvalue weighted by Crippen LogP contribution is 2.33. The highest BCUT2D eigenvalue weighted by atomic mass is 19.2. The number of aliphatic imine (C=N–C) groups is 1. The molecule has 0 radical (unpaired) electrons. The van der Waals surface area contributed by atoms with Gasteiger partial charge in [0.2, 0.25) is 5.91 Å². The van der Waals surface area contributed by atoms with Crippen LogP contribution in [0.2, 0.25) is 0 Å². The molecule has 0 bridgehead atoms. The van der Waals surface area contributed by atoms with E-state index >= 15 is 0 Å². The van der Waals surface area contributed by atoms with Crippen LogP contribution in [0.4, 0.5) is 24.7 Å². The molecule has 1 amide bonds. The van der Waals surface area contributed by atoms with Crippen molar-refractivity contribution in [2.75, 3.05) is 18.4 Å². The summed E-state index contributed by atoms with van der Waals surface area (Å²) in [7, 11) is 0. The molecule has 0 spiro atoms. The number of halogens is 3. The monoisotopic (exact) mass is 441 g/mol. The van der Waals surface area contributed by atoms with Crippen LogP contribution in [0.25, 0.3) is 11.3 Å². The van der Waals surface area contributed by atoms with Gasteiger partial charge in [-0.15, -0.1) is 0 Å². The van der Waals surface area contributed by atoms with Crippen molar-refractivity contribution in [3.8, 4) is 11.3 Å². The maximum Gasteiger partial charge on any atom is 0.223 e. The van der Waals surface area contributed by atoms with Gasteiger partial charge in [0.05, 0.1) is 6.54 Å². The minimum absolute atomic E-state index is 0.0151. The largest absolute Gasteiger partial charge is 0.340 e. The molecule has 0 saturated heterocycles. The van der Waals surface area contributed by atoms with Crippen LogP contribution < -0.4 is 5.32 Å². The Bertz CT molecular complexity index is 1140. The Balaban J connectivity index is 1.67. The van der Waals surface area contributed by atoms with Gasteiger partial charge in [-0.3, -0.25) is 4.79 Å². The molecule has 2 heterocycles. The molecular weight excluding hydrogens is 419 g/mol. The summed E-state index contributed by atoms with van der Waals surface area (Å²) in [5.41, 5.74) is 1.55. The number of amides is 1. The van der Waals surface area contributed by atoms with Crippen molar-refractivity contribution in [2.45, 2.75) is 25.9 Å². The Morgan fingerprint density at radius 1 is 1.09 bits per heavy atom. The molecule has 0 unspecified atom stereocenters. The van der Waals surface area contributed by atoms with Crippen molar-refractivity contribution in [1.29, 1.82) is 0 Å². The first-order valence-corrected chi connectivity index (χ1v) is 10.2. The summed E-state index contributed by atoms with van der Waals surface area (Å²) < 4.78 is 42.5. The van der Waals surface area contributed by atoms with E-state index in [1.54, 1.807) is 17.0 Å². The fourth-order valence-electron chi connectivity index (χ4n) is 3.69. The van der Waals surface area contributed by atoms with E-state index in [1.165, 1.54) is 18.2 Å². The molecule has 6 nitrogen and oxygen atoms in total. The van der Waals surface area contributed by atoms with Gasteiger partial charge in [-0.05, 0) is 49.5 Å². The summed E-state index contributed by atoms with van der Waals surface area (Å²) in [6.45, 7) is 5.23. The number of rotatable bonds is 7. The quantitative estimate of drug-likeness (QED) is 0.433. The number of carbonyl (C=O) groups is 1. The van der Waals surface area contributed by atoms with E-state index in [-0.39, 0.29) is 11.7 Å². The fourth-order valence-corrected chi connectivity index (χ4v) is 3.69. The maximum absolute atomic E-state index is 13.7. The van der Waals surface area contributed by atoms with Gasteiger partial charge in [0.25, 0.3) is 0 Å². The van der Waals surface area contributed by atoms with E-state index in [0.29, 0.717) is 67.6 Å². The van der Waals surface area contributed by atoms with Crippen molar-refractivity contribution in [2.24, 2.45) is 4.99 Å². The first-order chi connectivity index (χ1) is 15.5. The molecule has 9 heteroatoms. The summed E-state index contributed by atoms with van der Waals surface area (Å²) in [5, 5.41) is 3.13. The van der Waals surface area contributed by atoms with Crippen LogP contribution in [-0.2, 0) is 17.9 Å². The summed E-state index contributed by atoms with van der Waals surface area (Å²) in [6.07, 6.45) is 1.02. The zero-order valence-electron chi connectivity index (χ0n) is 17.3. The fraction of sp³-hybridized carbons (Fsp3) is 0.261. The number of nitrogens with zero attached hydrogens (tertiary/aromatic N) is 4. The van der Waals surface area contributed by atoms with E-state index in [9.17, 15) is 18.0 Å². The van der Waals surface area contributed by atoms with Crippen LogP contribution in [0.5, 0.6) is 0 Å². The lowest BCUT2D eigenvalue weighted by Gasteiger charge is -2.28. The zero-order valence-corrected chi connectivity index (χ0v) is 17.3. The van der Waals surface area contributed by atoms with Crippen molar-refractivity contribution in [3.05, 3.63) is 65.7 Å². The van der Waals surface area contributed by atoms with Gasteiger partial charge in [-0.1, -0.05) is 0 Å². The number of benzene rings is 2. The van der Waals surface area contributed by atoms with Gasteiger partial charge in [-0.2, -0.15) is 0 Å². The van der Waals surface area contributed by atoms with Gasteiger partial charge >= 0.3 is 0 Å². The van der Waals surface area contributed by atoms with E-state index in [4.69, 9.17) is 4.98 Å². The number of hydrogen-bond acceptors (Lipinski definition) is 4. The second kappa shape index (κ2) is 9.25. The van der Waals surface area contributed by atoms with Crippen LogP contribution in [0.3, 0.4) is 0 Å². The Morgan fingerprint density at radius 3 is 2.59 bits per heavy atom. The third-order valence-corrected chi connectivity index (χ3v) is 5.33. The standard InChI is InChI=1S/C23H22F3N5O/c1-27-10-2-3-21(32)30-11-12-31-20(14-30)29-22(15-4-6-16(24)7-5-15)23(31)28-17-8-9-18(25)19(26)13-17/h4-9,13,28H,1-3,10-12,14H2. The summed E-state index contributed by atoms with van der Waals surface area (Å²) in [5.74, 6) is -1.05. The van der Waals surface area contributed by atoms with Crippen LogP contribution in [0, 0.1) is 17.5 Å². The number of aromatic nitrogens is 2. The van der Waals surface area contributed by atoms with Crippen molar-refractivity contribution >= 4 is 24.1 Å². The lowest BCUT2D eigenvalue weighted by atomic mass is 10.1. The second-order valence-corrected chi connectivity index (χ2v) is 7.50. The number of imidazole rings is 1. The Morgan fingerprint density at radius 2 is 1.88 bits per heavy atom. The SMILES string of the molecule is C=NCCCC(=O)N1CCn2c(nc(-c3ccc(F)cc3)c2Nc2ccc(F)c(F)c2)C1. The maximum atomic E-state index is 13.7. The molecule has 166 valence electrons. The van der Waals surface area contributed by atoms with Crippen LogP contribution in [0.15, 0.2) is 47.5 Å². The molecule has 32 heavy (non-hydrogen) atoms. The van der Waals surface area contributed by atoms with Crippen LogP contribution in [-0.4, -0.2) is 40.2 Å². The summed E-state index contributed by atoms with van der Waals surface area (Å²) >= 11 is 0. The molecule has 0 atom stereocenters. The molecule has 0 fully saturated rings. The number of nitrogens with one attached hydrogen (secondary N) is 1. The Hall–Kier alpha value is -3.62. The first kappa shape index (κ1) is 21.6. The van der Waals surface area contributed by atoms with E-state index in [2.05, 4.69) is 17.0 Å². The minimum Gasteiger partial charge on any atom is -0.340 e. The molecule has 2 aromatic carbocycles. The van der Waals surface area contributed by atoms with E-state index in [1.807, 2.05) is 4.57 Å². The average Bonchev–Trinajstić information content (AvgIpc) is 3.14. The van der Waals surface area contributed by atoms with Gasteiger partial charge < -0.3 is 19.8 Å². The molecule has 3 aromatic rings. The number of carbonyl (C=O) groups excluding carboxylic acids is 1. The topological polar surface area (TPSA) is 62.5 Å². The van der Waals surface area contributed by atoms with E-state index in [0.717, 1.165) is 12.1 Å². The van der Waals surface area contributed by atoms with Gasteiger partial charge in [0.1, 0.15) is 23.2 Å². The lowest BCUT2D eigenvalue weighted by molar-refractivity contribution is -0.132. The van der Waals surface area contributed by atoms with Crippen molar-refractivity contribution in [3.63, 3.8) is 0 Å². The third kappa shape index (κ3) is 4.51. The Kier molecular flexibility index (Phi) is 6.25. The van der Waals surface area contributed by atoms with Crippen molar-refractivity contribution < 1.29 is 18.0 Å². The third-order valence-electron chi connectivity index (χ3n) is 5.33. The average molecular weight is 441 g/mol. The van der Waals surface area contributed by atoms with Crippen molar-refractivity contribution in [1.82, 2.24) is 14.5 Å². The number of anilines is 2. The normalized spacial score (nSPS) is 13.0. The van der Waals surface area contributed by atoms with Gasteiger partial charge in [0, 0.05) is 43.4 Å². The summed E-state index contributed by atoms with van der Waals surface area (Å²) in [4.78, 5) is 22.7. The molecule has 0 aliphatic carbocycles. The van der Waals surface area contributed by atoms with Gasteiger partial charge in [-0.25, -0.2) is 18.2 Å². The van der Waals surface area contributed by atoms with Crippen LogP contribution in [0.1, 0.15) is 18.7 Å².